The molecule has 0 saturated carbocycles. The maximum absolute atomic E-state index is 10.4. The SMILES string of the molecule is N[C@@H](Cc1ccccc1)[C@@H](O)CN(N)Cc1ccc(-c2cccnc2)cc1. The second-order valence-corrected chi connectivity index (χ2v) is 6.79. The molecule has 5 N–H and O–H groups in total. The molecule has 0 aliphatic carbocycles. The van der Waals surface area contributed by atoms with Crippen molar-refractivity contribution in [1.29, 1.82) is 0 Å². The molecule has 5 heteroatoms. The Bertz CT molecular complexity index is 809. The predicted octanol–water partition coefficient (Wildman–Crippen LogP) is 2.36. The van der Waals surface area contributed by atoms with Crippen molar-refractivity contribution in [1.82, 2.24) is 9.99 Å². The fourth-order valence-corrected chi connectivity index (χ4v) is 3.03. The number of nitrogens with zero attached hydrogens (tertiary/aromatic N) is 2. The van der Waals surface area contributed by atoms with Crippen molar-refractivity contribution >= 4 is 0 Å². The Morgan fingerprint density at radius 1 is 0.889 bits per heavy atom. The van der Waals surface area contributed by atoms with E-state index < -0.39 is 6.10 Å². The van der Waals surface area contributed by atoms with Crippen LogP contribution in [0.3, 0.4) is 0 Å². The number of aliphatic hydroxyl groups excluding tert-OH is 1. The second-order valence-electron chi connectivity index (χ2n) is 6.79. The lowest BCUT2D eigenvalue weighted by Gasteiger charge is -2.24. The highest BCUT2D eigenvalue weighted by Crippen LogP contribution is 2.18. The molecule has 2 atom stereocenters. The van der Waals surface area contributed by atoms with Crippen LogP contribution >= 0.6 is 0 Å². The van der Waals surface area contributed by atoms with E-state index >= 15 is 0 Å². The minimum absolute atomic E-state index is 0.318. The second kappa shape index (κ2) is 9.39. The number of nitrogens with two attached hydrogens (primary N) is 2. The number of hydrogen-bond acceptors (Lipinski definition) is 5. The number of pyridine rings is 1. The smallest absolute Gasteiger partial charge is 0.0835 e. The number of hydrogen-bond donors (Lipinski definition) is 3. The van der Waals surface area contributed by atoms with Crippen molar-refractivity contribution in [3.63, 3.8) is 0 Å². The first-order valence-corrected chi connectivity index (χ1v) is 9.08. The standard InChI is InChI=1S/C22H26N4O/c23-21(13-17-5-2-1-3-6-17)22(27)16-26(24)15-18-8-10-19(11-9-18)20-7-4-12-25-14-20/h1-12,14,21-22,27H,13,15-16,23-24H2/t21-,22-/m0/s1. The van der Waals surface area contributed by atoms with Gasteiger partial charge in [0.05, 0.1) is 6.10 Å². The zero-order chi connectivity index (χ0) is 19.1. The summed E-state index contributed by atoms with van der Waals surface area (Å²) < 4.78 is 0. The first-order valence-electron chi connectivity index (χ1n) is 9.08. The highest BCUT2D eigenvalue weighted by Gasteiger charge is 2.17. The average molecular weight is 362 g/mol. The lowest BCUT2D eigenvalue weighted by molar-refractivity contribution is 0.0877. The van der Waals surface area contributed by atoms with Gasteiger partial charge in [-0.1, -0.05) is 60.7 Å². The Morgan fingerprint density at radius 2 is 1.63 bits per heavy atom. The van der Waals surface area contributed by atoms with Crippen molar-refractivity contribution in [3.05, 3.63) is 90.3 Å². The molecular formula is C22H26N4O. The molecule has 0 radical (unpaired) electrons. The fourth-order valence-electron chi connectivity index (χ4n) is 3.03. The van der Waals surface area contributed by atoms with Crippen LogP contribution in [0, 0.1) is 0 Å². The number of rotatable bonds is 8. The van der Waals surface area contributed by atoms with Gasteiger partial charge in [-0.3, -0.25) is 10.8 Å². The van der Waals surface area contributed by atoms with E-state index in [0.717, 1.165) is 22.3 Å². The third kappa shape index (κ3) is 5.70. The molecule has 0 saturated heterocycles. The van der Waals surface area contributed by atoms with Gasteiger partial charge in [-0.15, -0.1) is 0 Å². The van der Waals surface area contributed by atoms with Crippen molar-refractivity contribution in [3.8, 4) is 11.1 Å². The maximum atomic E-state index is 10.4. The molecule has 3 aromatic rings. The van der Waals surface area contributed by atoms with E-state index in [1.54, 1.807) is 11.2 Å². The van der Waals surface area contributed by atoms with Crippen molar-refractivity contribution in [2.24, 2.45) is 11.6 Å². The van der Waals surface area contributed by atoms with Gasteiger partial charge in [0.2, 0.25) is 0 Å². The zero-order valence-corrected chi connectivity index (χ0v) is 15.3. The lowest BCUT2D eigenvalue weighted by Crippen LogP contribution is -2.46. The van der Waals surface area contributed by atoms with Gasteiger partial charge < -0.3 is 10.8 Å². The Kier molecular flexibility index (Phi) is 6.68. The maximum Gasteiger partial charge on any atom is 0.0835 e. The van der Waals surface area contributed by atoms with E-state index in [-0.39, 0.29) is 6.04 Å². The molecule has 140 valence electrons. The molecule has 0 bridgehead atoms. The number of aromatic nitrogens is 1. The quantitative estimate of drug-likeness (QED) is 0.423. The minimum Gasteiger partial charge on any atom is -0.390 e. The largest absolute Gasteiger partial charge is 0.390 e. The molecule has 27 heavy (non-hydrogen) atoms. The van der Waals surface area contributed by atoms with E-state index in [1.165, 1.54) is 0 Å². The van der Waals surface area contributed by atoms with Crippen LogP contribution in [0.5, 0.6) is 0 Å². The molecule has 0 amide bonds. The van der Waals surface area contributed by atoms with Crippen LogP contribution in [0.25, 0.3) is 11.1 Å². The van der Waals surface area contributed by atoms with Crippen LogP contribution in [-0.2, 0) is 13.0 Å². The average Bonchev–Trinajstić information content (AvgIpc) is 2.70. The Balaban J connectivity index is 1.51. The summed E-state index contributed by atoms with van der Waals surface area (Å²) >= 11 is 0. The molecule has 1 aromatic heterocycles. The van der Waals surface area contributed by atoms with Gasteiger partial charge >= 0.3 is 0 Å². The third-order valence-corrected chi connectivity index (χ3v) is 4.56. The summed E-state index contributed by atoms with van der Waals surface area (Å²) in [5, 5.41) is 12.0. The minimum atomic E-state index is -0.690. The Labute approximate surface area is 160 Å². The summed E-state index contributed by atoms with van der Waals surface area (Å²) in [5.74, 6) is 6.09. The van der Waals surface area contributed by atoms with Crippen LogP contribution in [0.15, 0.2) is 79.1 Å². The number of hydrazine groups is 1. The number of aliphatic hydroxyl groups is 1. The van der Waals surface area contributed by atoms with E-state index in [0.29, 0.717) is 19.5 Å². The zero-order valence-electron chi connectivity index (χ0n) is 15.3. The Morgan fingerprint density at radius 3 is 2.30 bits per heavy atom. The molecule has 0 aliphatic heterocycles. The first-order chi connectivity index (χ1) is 13.1. The summed E-state index contributed by atoms with van der Waals surface area (Å²) in [6, 6.07) is 21.7. The van der Waals surface area contributed by atoms with E-state index in [1.807, 2.05) is 60.8 Å². The molecule has 0 fully saturated rings. The predicted molar refractivity (Wildman–Crippen MR) is 108 cm³/mol. The molecule has 0 aliphatic rings. The van der Waals surface area contributed by atoms with Gasteiger partial charge in [-0.25, -0.2) is 5.01 Å². The van der Waals surface area contributed by atoms with Crippen LogP contribution in [0.4, 0.5) is 0 Å². The van der Waals surface area contributed by atoms with E-state index in [4.69, 9.17) is 11.6 Å². The van der Waals surface area contributed by atoms with Crippen LogP contribution in [0.1, 0.15) is 11.1 Å². The van der Waals surface area contributed by atoms with Gasteiger partial charge in [0.1, 0.15) is 0 Å². The van der Waals surface area contributed by atoms with E-state index in [2.05, 4.69) is 17.1 Å². The van der Waals surface area contributed by atoms with Gasteiger partial charge in [0, 0.05) is 31.5 Å². The molecule has 0 spiro atoms. The van der Waals surface area contributed by atoms with Gasteiger partial charge in [-0.05, 0) is 34.7 Å². The third-order valence-electron chi connectivity index (χ3n) is 4.56. The summed E-state index contributed by atoms with van der Waals surface area (Å²) in [5.41, 5.74) is 10.5. The number of benzene rings is 2. The summed E-state index contributed by atoms with van der Waals surface area (Å²) in [7, 11) is 0. The van der Waals surface area contributed by atoms with Crippen molar-refractivity contribution in [2.75, 3.05) is 6.54 Å². The van der Waals surface area contributed by atoms with E-state index in [9.17, 15) is 5.11 Å². The first kappa shape index (κ1) is 19.2. The van der Waals surface area contributed by atoms with Crippen LogP contribution in [0.2, 0.25) is 0 Å². The molecule has 2 aromatic carbocycles. The van der Waals surface area contributed by atoms with Crippen LogP contribution in [-0.4, -0.2) is 33.8 Å². The molecule has 3 rings (SSSR count). The van der Waals surface area contributed by atoms with Gasteiger partial charge in [0.15, 0.2) is 0 Å². The fraction of sp³-hybridized carbons (Fsp3) is 0.227. The molecular weight excluding hydrogens is 336 g/mol. The lowest BCUT2D eigenvalue weighted by atomic mass is 10.0. The monoisotopic (exact) mass is 362 g/mol. The van der Waals surface area contributed by atoms with Crippen LogP contribution < -0.4 is 11.6 Å². The molecule has 0 unspecified atom stereocenters. The topological polar surface area (TPSA) is 88.4 Å². The highest BCUT2D eigenvalue weighted by atomic mass is 16.3. The van der Waals surface area contributed by atoms with Gasteiger partial charge in [-0.2, -0.15) is 0 Å². The summed E-state index contributed by atoms with van der Waals surface area (Å²) in [6.07, 6.45) is 3.53. The van der Waals surface area contributed by atoms with Crippen molar-refractivity contribution < 1.29 is 5.11 Å². The normalized spacial score (nSPS) is 13.5. The molecule has 1 heterocycles. The summed E-state index contributed by atoms with van der Waals surface area (Å²) in [6.45, 7) is 0.862. The molecule has 5 nitrogen and oxygen atoms in total. The van der Waals surface area contributed by atoms with Crippen molar-refractivity contribution in [2.45, 2.75) is 25.1 Å². The Hall–Kier alpha value is -2.57. The highest BCUT2D eigenvalue weighted by molar-refractivity contribution is 5.62. The van der Waals surface area contributed by atoms with Gasteiger partial charge in [0.25, 0.3) is 0 Å². The summed E-state index contributed by atoms with van der Waals surface area (Å²) in [4.78, 5) is 4.14.